The van der Waals surface area contributed by atoms with Crippen molar-refractivity contribution in [2.45, 2.75) is 12.5 Å². The number of hydrogen-bond acceptors (Lipinski definition) is 2. The molecule has 2 N–H and O–H groups in total. The lowest BCUT2D eigenvalue weighted by Crippen LogP contribution is -2.36. The van der Waals surface area contributed by atoms with Gasteiger partial charge in [0.25, 0.3) is 0 Å². The molecule has 2 aromatic rings. The highest BCUT2D eigenvalue weighted by molar-refractivity contribution is 5.47. The Balaban J connectivity index is 2.33. The zero-order valence-electron chi connectivity index (χ0n) is 10.5. The molecule has 0 bridgehead atoms. The van der Waals surface area contributed by atoms with Crippen LogP contribution in [0, 0.1) is 11.6 Å². The van der Waals surface area contributed by atoms with Crippen LogP contribution in [0.2, 0.25) is 0 Å². The highest BCUT2D eigenvalue weighted by atomic mass is 19.2. The first kappa shape index (κ1) is 13.5. The Morgan fingerprint density at radius 2 is 1.74 bits per heavy atom. The SMILES string of the molecule is CC(CO)(Nc1ccccc1)c1ccc(F)c(F)c1. The molecule has 0 saturated carbocycles. The second-order valence-corrected chi connectivity index (χ2v) is 4.61. The Morgan fingerprint density at radius 3 is 2.32 bits per heavy atom. The van der Waals surface area contributed by atoms with Crippen molar-refractivity contribution in [2.75, 3.05) is 11.9 Å². The molecule has 4 heteroatoms. The highest BCUT2D eigenvalue weighted by Crippen LogP contribution is 2.26. The molecule has 1 unspecified atom stereocenters. The number of rotatable bonds is 4. The Bertz CT molecular complexity index is 559. The third kappa shape index (κ3) is 2.90. The number of para-hydroxylation sites is 1. The molecular weight excluding hydrogens is 248 g/mol. The molecule has 100 valence electrons. The van der Waals surface area contributed by atoms with Crippen molar-refractivity contribution >= 4 is 5.69 Å². The number of halogens is 2. The quantitative estimate of drug-likeness (QED) is 0.887. The van der Waals surface area contributed by atoms with Crippen molar-refractivity contribution in [2.24, 2.45) is 0 Å². The minimum atomic E-state index is -0.924. The van der Waals surface area contributed by atoms with Gasteiger partial charge in [-0.25, -0.2) is 8.78 Å². The van der Waals surface area contributed by atoms with Gasteiger partial charge in [0.2, 0.25) is 0 Å². The predicted molar refractivity (Wildman–Crippen MR) is 70.9 cm³/mol. The molecule has 2 rings (SSSR count). The largest absolute Gasteiger partial charge is 0.394 e. The summed E-state index contributed by atoms with van der Waals surface area (Å²) in [5.74, 6) is -1.82. The Hall–Kier alpha value is -1.94. The molecule has 1 atom stereocenters. The molecular formula is C15H15F2NO. The van der Waals surface area contributed by atoms with Gasteiger partial charge in [-0.1, -0.05) is 24.3 Å². The van der Waals surface area contributed by atoms with Crippen molar-refractivity contribution < 1.29 is 13.9 Å². The molecule has 0 heterocycles. The lowest BCUT2D eigenvalue weighted by atomic mass is 9.92. The van der Waals surface area contributed by atoms with Crippen molar-refractivity contribution in [3.63, 3.8) is 0 Å². The first-order valence-electron chi connectivity index (χ1n) is 5.95. The summed E-state index contributed by atoms with van der Waals surface area (Å²) in [4.78, 5) is 0. The maximum atomic E-state index is 13.3. The van der Waals surface area contributed by atoms with Gasteiger partial charge in [-0.2, -0.15) is 0 Å². The van der Waals surface area contributed by atoms with E-state index in [1.807, 2.05) is 30.3 Å². The zero-order valence-corrected chi connectivity index (χ0v) is 10.5. The predicted octanol–water partition coefficient (Wildman–Crippen LogP) is 3.28. The van der Waals surface area contributed by atoms with Gasteiger partial charge in [0.1, 0.15) is 0 Å². The van der Waals surface area contributed by atoms with Crippen molar-refractivity contribution in [1.29, 1.82) is 0 Å². The van der Waals surface area contributed by atoms with Crippen LogP contribution in [0.5, 0.6) is 0 Å². The third-order valence-corrected chi connectivity index (χ3v) is 3.07. The normalized spacial score (nSPS) is 13.9. The van der Waals surface area contributed by atoms with Crippen LogP contribution in [-0.4, -0.2) is 11.7 Å². The second kappa shape index (κ2) is 5.36. The average Bonchev–Trinajstić information content (AvgIpc) is 2.43. The lowest BCUT2D eigenvalue weighted by molar-refractivity contribution is 0.223. The maximum absolute atomic E-state index is 13.3. The number of anilines is 1. The highest BCUT2D eigenvalue weighted by Gasteiger charge is 2.26. The van der Waals surface area contributed by atoms with E-state index in [1.165, 1.54) is 6.07 Å². The van der Waals surface area contributed by atoms with Gasteiger partial charge >= 0.3 is 0 Å². The summed E-state index contributed by atoms with van der Waals surface area (Å²) in [5, 5.41) is 12.7. The second-order valence-electron chi connectivity index (χ2n) is 4.61. The Morgan fingerprint density at radius 1 is 1.05 bits per heavy atom. The van der Waals surface area contributed by atoms with Crippen LogP contribution in [0.1, 0.15) is 12.5 Å². The molecule has 0 saturated heterocycles. The van der Waals surface area contributed by atoms with E-state index >= 15 is 0 Å². The molecule has 2 aromatic carbocycles. The summed E-state index contributed by atoms with van der Waals surface area (Å²) in [5.41, 5.74) is 0.400. The smallest absolute Gasteiger partial charge is 0.159 e. The van der Waals surface area contributed by atoms with Gasteiger partial charge in [-0.05, 0) is 36.8 Å². The number of aliphatic hydroxyl groups excluding tert-OH is 1. The summed E-state index contributed by atoms with van der Waals surface area (Å²) in [6.45, 7) is 1.49. The molecule has 19 heavy (non-hydrogen) atoms. The third-order valence-electron chi connectivity index (χ3n) is 3.07. The van der Waals surface area contributed by atoms with Crippen LogP contribution in [0.3, 0.4) is 0 Å². The van der Waals surface area contributed by atoms with E-state index in [4.69, 9.17) is 0 Å². The summed E-state index contributed by atoms with van der Waals surface area (Å²) >= 11 is 0. The van der Waals surface area contributed by atoms with E-state index in [1.54, 1.807) is 6.92 Å². The molecule has 0 spiro atoms. The zero-order chi connectivity index (χ0) is 13.9. The minimum absolute atomic E-state index is 0.243. The first-order chi connectivity index (χ1) is 9.05. The lowest BCUT2D eigenvalue weighted by Gasteiger charge is -2.30. The van der Waals surface area contributed by atoms with E-state index in [0.717, 1.165) is 17.8 Å². The van der Waals surface area contributed by atoms with Crippen molar-refractivity contribution in [1.82, 2.24) is 0 Å². The molecule has 0 aliphatic heterocycles. The van der Waals surface area contributed by atoms with E-state index in [2.05, 4.69) is 5.32 Å². The fraction of sp³-hybridized carbons (Fsp3) is 0.200. The standard InChI is InChI=1S/C15H15F2NO/c1-15(10-19,18-12-5-3-2-4-6-12)11-7-8-13(16)14(17)9-11/h2-9,18-19H,10H2,1H3. The van der Waals surface area contributed by atoms with E-state index in [-0.39, 0.29) is 6.61 Å². The summed E-state index contributed by atoms with van der Waals surface area (Å²) in [6, 6.07) is 12.9. The van der Waals surface area contributed by atoms with Gasteiger partial charge < -0.3 is 10.4 Å². The molecule has 0 radical (unpaired) electrons. The van der Waals surface area contributed by atoms with Crippen LogP contribution in [0.4, 0.5) is 14.5 Å². The van der Waals surface area contributed by atoms with Crippen LogP contribution in [0.15, 0.2) is 48.5 Å². The molecule has 0 aliphatic rings. The Kier molecular flexibility index (Phi) is 3.81. The molecule has 2 nitrogen and oxygen atoms in total. The van der Waals surface area contributed by atoms with E-state index < -0.39 is 17.2 Å². The van der Waals surface area contributed by atoms with Crippen LogP contribution in [-0.2, 0) is 5.54 Å². The number of benzene rings is 2. The number of hydrogen-bond donors (Lipinski definition) is 2. The van der Waals surface area contributed by atoms with Gasteiger partial charge in [0.05, 0.1) is 12.1 Å². The molecule has 0 aromatic heterocycles. The van der Waals surface area contributed by atoms with E-state index in [9.17, 15) is 13.9 Å². The first-order valence-corrected chi connectivity index (χ1v) is 5.95. The monoisotopic (exact) mass is 263 g/mol. The fourth-order valence-corrected chi connectivity index (χ4v) is 1.88. The van der Waals surface area contributed by atoms with Gasteiger partial charge in [-0.15, -0.1) is 0 Å². The van der Waals surface area contributed by atoms with Crippen molar-refractivity contribution in [3.8, 4) is 0 Å². The summed E-state index contributed by atoms with van der Waals surface area (Å²) in [7, 11) is 0. The number of aliphatic hydroxyl groups is 1. The topological polar surface area (TPSA) is 32.3 Å². The van der Waals surface area contributed by atoms with Gasteiger partial charge in [0.15, 0.2) is 11.6 Å². The van der Waals surface area contributed by atoms with Crippen LogP contribution in [0.25, 0.3) is 0 Å². The van der Waals surface area contributed by atoms with E-state index in [0.29, 0.717) is 5.56 Å². The minimum Gasteiger partial charge on any atom is -0.394 e. The summed E-state index contributed by atoms with van der Waals surface area (Å²) < 4.78 is 26.3. The van der Waals surface area contributed by atoms with Gasteiger partial charge in [0, 0.05) is 5.69 Å². The fourth-order valence-electron chi connectivity index (χ4n) is 1.88. The van der Waals surface area contributed by atoms with Gasteiger partial charge in [-0.3, -0.25) is 0 Å². The maximum Gasteiger partial charge on any atom is 0.159 e. The molecule has 0 fully saturated rings. The molecule has 0 amide bonds. The van der Waals surface area contributed by atoms with Crippen LogP contribution >= 0.6 is 0 Å². The Labute approximate surface area is 110 Å². The molecule has 0 aliphatic carbocycles. The van der Waals surface area contributed by atoms with Crippen molar-refractivity contribution in [3.05, 3.63) is 65.7 Å². The summed E-state index contributed by atoms with van der Waals surface area (Å²) in [6.07, 6.45) is 0. The average molecular weight is 263 g/mol. The van der Waals surface area contributed by atoms with Crippen LogP contribution < -0.4 is 5.32 Å². The number of nitrogens with one attached hydrogen (secondary N) is 1.